The molecule has 2 heterocycles. The second kappa shape index (κ2) is 8.87. The molecule has 0 unspecified atom stereocenters. The summed E-state index contributed by atoms with van der Waals surface area (Å²) in [6.45, 7) is 9.05. The van der Waals surface area contributed by atoms with E-state index in [1.54, 1.807) is 0 Å². The van der Waals surface area contributed by atoms with E-state index in [4.69, 9.17) is 4.74 Å². The number of nitrogens with one attached hydrogen (secondary N) is 2. The summed E-state index contributed by atoms with van der Waals surface area (Å²) in [5.74, 6) is 1.77. The molecule has 0 radical (unpaired) electrons. The molecule has 1 saturated heterocycles. The van der Waals surface area contributed by atoms with Gasteiger partial charge in [0.05, 0.1) is 13.2 Å². The van der Waals surface area contributed by atoms with E-state index in [0.717, 1.165) is 19.5 Å². The summed E-state index contributed by atoms with van der Waals surface area (Å²) in [4.78, 5) is 34.4. The van der Waals surface area contributed by atoms with Gasteiger partial charge in [0, 0.05) is 36.8 Å². The number of aromatic amines is 1. The quantitative estimate of drug-likeness (QED) is 0.818. The minimum Gasteiger partial charge on any atom is -0.378 e. The third kappa shape index (κ3) is 4.89. The second-order valence-electron chi connectivity index (χ2n) is 7.99. The number of hydrogen-bond acceptors (Lipinski definition) is 5. The molecule has 7 heteroatoms. The smallest absolute Gasteiger partial charge is 0.255 e. The molecule has 1 aromatic rings. The lowest BCUT2D eigenvalue weighted by Gasteiger charge is -2.34. The van der Waals surface area contributed by atoms with E-state index >= 15 is 0 Å². The number of carbonyl (C=O) groups excluding carboxylic acids is 1. The molecular weight excluding hydrogens is 344 g/mol. The van der Waals surface area contributed by atoms with Crippen molar-refractivity contribution in [3.63, 3.8) is 0 Å². The maximum Gasteiger partial charge on any atom is 0.255 e. The Hall–Kier alpha value is -1.89. The van der Waals surface area contributed by atoms with Crippen LogP contribution < -0.4 is 15.8 Å². The summed E-state index contributed by atoms with van der Waals surface area (Å²) in [5, 5.41) is 3.18. The molecule has 1 aliphatic carbocycles. The zero-order chi connectivity index (χ0) is 19.4. The van der Waals surface area contributed by atoms with E-state index in [1.165, 1.54) is 12.8 Å². The number of nitrogens with zero attached hydrogens (tertiary/aromatic N) is 2. The van der Waals surface area contributed by atoms with Crippen LogP contribution in [-0.2, 0) is 16.0 Å². The van der Waals surface area contributed by atoms with Gasteiger partial charge >= 0.3 is 0 Å². The van der Waals surface area contributed by atoms with Crippen LogP contribution in [0.1, 0.15) is 50.8 Å². The van der Waals surface area contributed by atoms with Crippen molar-refractivity contribution >= 4 is 11.9 Å². The first-order valence-electron chi connectivity index (χ1n) is 10.2. The summed E-state index contributed by atoms with van der Waals surface area (Å²) in [7, 11) is 0. The van der Waals surface area contributed by atoms with Gasteiger partial charge in [-0.2, -0.15) is 0 Å². The first-order chi connectivity index (χ1) is 13.0. The molecule has 7 nitrogen and oxygen atoms in total. The van der Waals surface area contributed by atoms with Crippen molar-refractivity contribution < 1.29 is 9.53 Å². The summed E-state index contributed by atoms with van der Waals surface area (Å²) < 4.78 is 5.34. The topological polar surface area (TPSA) is 87.3 Å². The van der Waals surface area contributed by atoms with Crippen molar-refractivity contribution in [2.45, 2.75) is 58.9 Å². The fourth-order valence-corrected chi connectivity index (χ4v) is 4.12. The number of aromatic nitrogens is 2. The summed E-state index contributed by atoms with van der Waals surface area (Å²) in [5.41, 5.74) is 1.16. The van der Waals surface area contributed by atoms with Crippen LogP contribution >= 0.6 is 0 Å². The van der Waals surface area contributed by atoms with Gasteiger partial charge < -0.3 is 15.0 Å². The van der Waals surface area contributed by atoms with Crippen molar-refractivity contribution in [2.24, 2.45) is 11.8 Å². The largest absolute Gasteiger partial charge is 0.378 e. The number of hydrogen-bond donors (Lipinski definition) is 2. The average molecular weight is 377 g/mol. The molecule has 1 aliphatic heterocycles. The minimum absolute atomic E-state index is 0.0250. The van der Waals surface area contributed by atoms with Gasteiger partial charge in [-0.05, 0) is 31.6 Å². The molecule has 1 amide bonds. The summed E-state index contributed by atoms with van der Waals surface area (Å²) >= 11 is 0. The Morgan fingerprint density at radius 3 is 2.74 bits per heavy atom. The van der Waals surface area contributed by atoms with Crippen LogP contribution in [0.5, 0.6) is 0 Å². The number of carbonyl (C=O) groups is 1. The molecule has 3 atom stereocenters. The van der Waals surface area contributed by atoms with Crippen LogP contribution in [0.25, 0.3) is 0 Å². The van der Waals surface area contributed by atoms with Gasteiger partial charge in [-0.15, -0.1) is 0 Å². The SMILES string of the molecule is Cc1nc(N2CCOCC2)[nH]c(=O)c1CCC(=O)N[C@@H]1CCC[C@@H](C)[C@H]1C. The highest BCUT2D eigenvalue weighted by Crippen LogP contribution is 2.29. The fraction of sp³-hybridized carbons (Fsp3) is 0.750. The number of amides is 1. The highest BCUT2D eigenvalue weighted by molar-refractivity contribution is 5.76. The Morgan fingerprint density at radius 2 is 2.04 bits per heavy atom. The highest BCUT2D eigenvalue weighted by Gasteiger charge is 2.28. The van der Waals surface area contributed by atoms with E-state index in [0.29, 0.717) is 55.1 Å². The lowest BCUT2D eigenvalue weighted by molar-refractivity contribution is -0.122. The first-order valence-corrected chi connectivity index (χ1v) is 10.2. The molecule has 1 saturated carbocycles. The van der Waals surface area contributed by atoms with E-state index in [2.05, 4.69) is 29.1 Å². The number of H-pyrrole nitrogens is 1. The second-order valence-corrected chi connectivity index (χ2v) is 7.99. The molecule has 3 rings (SSSR count). The first kappa shape index (κ1) is 19.9. The maximum atomic E-state index is 12.5. The number of anilines is 1. The number of rotatable bonds is 5. The Kier molecular flexibility index (Phi) is 6.52. The zero-order valence-corrected chi connectivity index (χ0v) is 16.7. The Labute approximate surface area is 160 Å². The van der Waals surface area contributed by atoms with Gasteiger partial charge in [-0.3, -0.25) is 14.6 Å². The van der Waals surface area contributed by atoms with Crippen LogP contribution in [0.2, 0.25) is 0 Å². The molecule has 0 spiro atoms. The molecule has 0 aromatic carbocycles. The lowest BCUT2D eigenvalue weighted by Crippen LogP contribution is -2.43. The Bertz CT molecular complexity index is 712. The standard InChI is InChI=1S/C20H32N4O3/c1-13-5-4-6-17(14(13)2)22-18(25)8-7-16-15(3)21-20(23-19(16)26)24-9-11-27-12-10-24/h13-14,17H,4-12H2,1-3H3,(H,22,25)(H,21,23,26)/t13-,14-,17-/m1/s1. The van der Waals surface area contributed by atoms with Gasteiger partial charge in [0.25, 0.3) is 5.56 Å². The van der Waals surface area contributed by atoms with E-state index < -0.39 is 0 Å². The van der Waals surface area contributed by atoms with Crippen LogP contribution in [-0.4, -0.2) is 48.2 Å². The van der Waals surface area contributed by atoms with Crippen LogP contribution in [0.3, 0.4) is 0 Å². The molecular formula is C20H32N4O3. The molecule has 2 fully saturated rings. The van der Waals surface area contributed by atoms with Gasteiger partial charge in [0.1, 0.15) is 0 Å². The van der Waals surface area contributed by atoms with Crippen LogP contribution in [0.4, 0.5) is 5.95 Å². The van der Waals surface area contributed by atoms with Gasteiger partial charge in [0.15, 0.2) is 0 Å². The normalized spacial score (nSPS) is 26.0. The van der Waals surface area contributed by atoms with E-state index in [1.807, 2.05) is 11.8 Å². The predicted molar refractivity (Wildman–Crippen MR) is 105 cm³/mol. The molecule has 2 N–H and O–H groups in total. The maximum absolute atomic E-state index is 12.5. The highest BCUT2D eigenvalue weighted by atomic mass is 16.5. The van der Waals surface area contributed by atoms with Crippen molar-refractivity contribution in [1.82, 2.24) is 15.3 Å². The molecule has 2 aliphatic rings. The van der Waals surface area contributed by atoms with Crippen LogP contribution in [0.15, 0.2) is 4.79 Å². The molecule has 27 heavy (non-hydrogen) atoms. The average Bonchev–Trinajstić information content (AvgIpc) is 2.65. The molecule has 1 aromatic heterocycles. The zero-order valence-electron chi connectivity index (χ0n) is 16.7. The predicted octanol–water partition coefficient (Wildman–Crippen LogP) is 1.79. The third-order valence-corrected chi connectivity index (χ3v) is 6.18. The van der Waals surface area contributed by atoms with E-state index in [-0.39, 0.29) is 17.5 Å². The van der Waals surface area contributed by atoms with Crippen LogP contribution in [0, 0.1) is 18.8 Å². The summed E-state index contributed by atoms with van der Waals surface area (Å²) in [6.07, 6.45) is 4.19. The van der Waals surface area contributed by atoms with Gasteiger partial charge in [0.2, 0.25) is 11.9 Å². The Morgan fingerprint density at radius 1 is 1.30 bits per heavy atom. The van der Waals surface area contributed by atoms with Crippen molar-refractivity contribution in [3.05, 3.63) is 21.6 Å². The van der Waals surface area contributed by atoms with E-state index in [9.17, 15) is 9.59 Å². The van der Waals surface area contributed by atoms with Crippen molar-refractivity contribution in [3.8, 4) is 0 Å². The number of ether oxygens (including phenoxy) is 1. The van der Waals surface area contributed by atoms with Crippen molar-refractivity contribution in [1.29, 1.82) is 0 Å². The molecule has 150 valence electrons. The fourth-order valence-electron chi connectivity index (χ4n) is 4.12. The van der Waals surface area contributed by atoms with Crippen molar-refractivity contribution in [2.75, 3.05) is 31.2 Å². The number of morpholine rings is 1. The summed E-state index contributed by atoms with van der Waals surface area (Å²) in [6, 6.07) is 0.252. The monoisotopic (exact) mass is 376 g/mol. The van der Waals surface area contributed by atoms with Gasteiger partial charge in [-0.1, -0.05) is 26.7 Å². The number of aryl methyl sites for hydroxylation is 1. The Balaban J connectivity index is 1.58. The lowest BCUT2D eigenvalue weighted by atomic mass is 9.78. The molecule has 0 bridgehead atoms. The third-order valence-electron chi connectivity index (χ3n) is 6.18. The van der Waals surface area contributed by atoms with Gasteiger partial charge in [-0.25, -0.2) is 4.98 Å². The minimum atomic E-state index is -0.142.